The fourth-order valence-corrected chi connectivity index (χ4v) is 1.21. The van der Waals surface area contributed by atoms with Crippen molar-refractivity contribution in [1.29, 1.82) is 0 Å². The van der Waals surface area contributed by atoms with Crippen LogP contribution in [0.1, 0.15) is 5.56 Å². The number of carbonyl (C=O) groups excluding carboxylic acids is 1. The summed E-state index contributed by atoms with van der Waals surface area (Å²) in [5, 5.41) is 3.66. The van der Waals surface area contributed by atoms with Gasteiger partial charge in [-0.1, -0.05) is 11.6 Å². The Balaban J connectivity index is 2.30. The number of halogens is 2. The van der Waals surface area contributed by atoms with Crippen molar-refractivity contribution in [2.24, 2.45) is 5.10 Å². The molecule has 0 fully saturated rings. The number of carbonyl (C=O) groups is 1. The first-order valence-corrected chi connectivity index (χ1v) is 4.49. The standard InChI is InChI=1S/C9H6ClFN2O2/c10-6-2-1-5(3-7(6)11)9-13-12-8(14)4-15-9/h1-3H,4H2,(H,12,14). The van der Waals surface area contributed by atoms with Gasteiger partial charge in [0.15, 0.2) is 6.61 Å². The summed E-state index contributed by atoms with van der Waals surface area (Å²) >= 11 is 5.52. The van der Waals surface area contributed by atoms with Crippen molar-refractivity contribution >= 4 is 23.4 Å². The largest absolute Gasteiger partial charge is 0.466 e. The molecule has 15 heavy (non-hydrogen) atoms. The van der Waals surface area contributed by atoms with Crippen molar-refractivity contribution in [2.45, 2.75) is 0 Å². The molecule has 1 heterocycles. The monoisotopic (exact) mass is 228 g/mol. The summed E-state index contributed by atoms with van der Waals surface area (Å²) in [6.07, 6.45) is 0. The second-order valence-corrected chi connectivity index (χ2v) is 3.28. The molecule has 1 aromatic rings. The van der Waals surface area contributed by atoms with E-state index in [1.807, 2.05) is 0 Å². The summed E-state index contributed by atoms with van der Waals surface area (Å²) < 4.78 is 18.1. The number of hydrogen-bond acceptors (Lipinski definition) is 3. The van der Waals surface area contributed by atoms with Crippen LogP contribution in [-0.4, -0.2) is 18.4 Å². The van der Waals surface area contributed by atoms with Crippen LogP contribution in [0.4, 0.5) is 4.39 Å². The number of rotatable bonds is 1. The Kier molecular flexibility index (Phi) is 2.55. The average molecular weight is 229 g/mol. The van der Waals surface area contributed by atoms with Crippen LogP contribution in [0, 0.1) is 5.82 Å². The molecule has 1 N–H and O–H groups in total. The summed E-state index contributed by atoms with van der Waals surface area (Å²) in [6.45, 7) is -0.122. The third-order valence-electron chi connectivity index (χ3n) is 1.79. The number of ether oxygens (including phenoxy) is 1. The van der Waals surface area contributed by atoms with Gasteiger partial charge in [0, 0.05) is 5.56 Å². The Bertz CT molecular complexity index is 448. The zero-order chi connectivity index (χ0) is 10.8. The van der Waals surface area contributed by atoms with E-state index in [4.69, 9.17) is 16.3 Å². The lowest BCUT2D eigenvalue weighted by atomic mass is 10.2. The van der Waals surface area contributed by atoms with Gasteiger partial charge in [-0.2, -0.15) is 0 Å². The molecule has 0 aromatic heterocycles. The first-order chi connectivity index (χ1) is 7.16. The molecule has 0 radical (unpaired) electrons. The number of nitrogens with one attached hydrogen (secondary N) is 1. The highest BCUT2D eigenvalue weighted by Gasteiger charge is 2.15. The molecule has 0 saturated carbocycles. The normalized spacial score (nSPS) is 15.3. The molecule has 4 nitrogen and oxygen atoms in total. The summed E-state index contributed by atoms with van der Waals surface area (Å²) in [7, 11) is 0. The molecule has 1 amide bonds. The highest BCUT2D eigenvalue weighted by Crippen LogP contribution is 2.16. The Morgan fingerprint density at radius 2 is 2.33 bits per heavy atom. The third kappa shape index (κ3) is 2.07. The fourth-order valence-electron chi connectivity index (χ4n) is 1.09. The molecule has 0 bridgehead atoms. The second kappa shape index (κ2) is 3.86. The number of hydrogen-bond donors (Lipinski definition) is 1. The van der Waals surface area contributed by atoms with E-state index in [2.05, 4.69) is 10.5 Å². The molecular formula is C9H6ClFN2O2. The molecule has 78 valence electrons. The predicted octanol–water partition coefficient (Wildman–Crippen LogP) is 1.29. The van der Waals surface area contributed by atoms with E-state index in [1.165, 1.54) is 12.1 Å². The highest BCUT2D eigenvalue weighted by atomic mass is 35.5. The molecule has 2 rings (SSSR count). The molecule has 0 atom stereocenters. The number of nitrogens with zero attached hydrogens (tertiary/aromatic N) is 1. The number of amides is 1. The van der Waals surface area contributed by atoms with Gasteiger partial charge in [-0.25, -0.2) is 9.82 Å². The van der Waals surface area contributed by atoms with Gasteiger partial charge in [0.1, 0.15) is 5.82 Å². The molecule has 1 aliphatic rings. The van der Waals surface area contributed by atoms with Crippen molar-refractivity contribution < 1.29 is 13.9 Å². The smallest absolute Gasteiger partial charge is 0.278 e. The zero-order valence-corrected chi connectivity index (χ0v) is 8.21. The third-order valence-corrected chi connectivity index (χ3v) is 2.10. The van der Waals surface area contributed by atoms with Crippen LogP contribution in [0.2, 0.25) is 5.02 Å². The molecule has 1 aliphatic heterocycles. The summed E-state index contributed by atoms with van der Waals surface area (Å²) in [5.41, 5.74) is 2.66. The maximum atomic E-state index is 13.1. The quantitative estimate of drug-likeness (QED) is 0.787. The van der Waals surface area contributed by atoms with Crippen LogP contribution in [0.15, 0.2) is 23.3 Å². The zero-order valence-electron chi connectivity index (χ0n) is 7.46. The topological polar surface area (TPSA) is 50.7 Å². The Labute approximate surface area is 89.7 Å². The predicted molar refractivity (Wildman–Crippen MR) is 52.0 cm³/mol. The minimum atomic E-state index is -0.558. The maximum absolute atomic E-state index is 13.1. The van der Waals surface area contributed by atoms with Gasteiger partial charge in [-0.05, 0) is 18.2 Å². The van der Waals surface area contributed by atoms with E-state index in [-0.39, 0.29) is 23.4 Å². The van der Waals surface area contributed by atoms with Gasteiger partial charge in [-0.15, -0.1) is 5.10 Å². The summed E-state index contributed by atoms with van der Waals surface area (Å²) in [6, 6.07) is 4.15. The molecule has 0 aliphatic carbocycles. The van der Waals surface area contributed by atoms with Gasteiger partial charge < -0.3 is 4.74 Å². The van der Waals surface area contributed by atoms with E-state index in [0.29, 0.717) is 5.56 Å². The van der Waals surface area contributed by atoms with E-state index in [9.17, 15) is 9.18 Å². The lowest BCUT2D eigenvalue weighted by Gasteiger charge is -2.13. The van der Waals surface area contributed by atoms with Crippen molar-refractivity contribution in [1.82, 2.24) is 5.43 Å². The minimum Gasteiger partial charge on any atom is -0.466 e. The fraction of sp³-hybridized carbons (Fsp3) is 0.111. The minimum absolute atomic E-state index is 0.0270. The second-order valence-electron chi connectivity index (χ2n) is 2.87. The molecular weight excluding hydrogens is 223 g/mol. The Morgan fingerprint density at radius 3 is 2.93 bits per heavy atom. The molecule has 0 spiro atoms. The molecule has 6 heteroatoms. The molecule has 0 saturated heterocycles. The van der Waals surface area contributed by atoms with Gasteiger partial charge in [0.2, 0.25) is 5.90 Å². The van der Waals surface area contributed by atoms with Gasteiger partial charge >= 0.3 is 0 Å². The summed E-state index contributed by atoms with van der Waals surface area (Å²) in [5.74, 6) is -0.726. The number of benzene rings is 1. The number of hydrazone groups is 1. The summed E-state index contributed by atoms with van der Waals surface area (Å²) in [4.78, 5) is 10.7. The van der Waals surface area contributed by atoms with E-state index in [0.717, 1.165) is 0 Å². The van der Waals surface area contributed by atoms with Gasteiger partial charge in [-0.3, -0.25) is 4.79 Å². The molecule has 0 unspecified atom stereocenters. The van der Waals surface area contributed by atoms with Crippen molar-refractivity contribution in [3.8, 4) is 0 Å². The van der Waals surface area contributed by atoms with Crippen LogP contribution in [0.3, 0.4) is 0 Å². The lowest BCUT2D eigenvalue weighted by molar-refractivity contribution is -0.124. The SMILES string of the molecule is O=C1COC(c2ccc(Cl)c(F)c2)=NN1. The van der Waals surface area contributed by atoms with Crippen LogP contribution < -0.4 is 5.43 Å². The maximum Gasteiger partial charge on any atom is 0.278 e. The van der Waals surface area contributed by atoms with Crippen molar-refractivity contribution in [3.05, 3.63) is 34.6 Å². The highest BCUT2D eigenvalue weighted by molar-refractivity contribution is 6.30. The van der Waals surface area contributed by atoms with Crippen LogP contribution in [0.5, 0.6) is 0 Å². The van der Waals surface area contributed by atoms with Gasteiger partial charge in [0.25, 0.3) is 5.91 Å². The van der Waals surface area contributed by atoms with Crippen molar-refractivity contribution in [3.63, 3.8) is 0 Å². The van der Waals surface area contributed by atoms with E-state index in [1.54, 1.807) is 6.07 Å². The van der Waals surface area contributed by atoms with E-state index < -0.39 is 5.82 Å². The Hall–Kier alpha value is -1.62. The van der Waals surface area contributed by atoms with Crippen LogP contribution in [0.25, 0.3) is 0 Å². The van der Waals surface area contributed by atoms with Crippen molar-refractivity contribution in [2.75, 3.05) is 6.61 Å². The Morgan fingerprint density at radius 1 is 1.53 bits per heavy atom. The lowest BCUT2D eigenvalue weighted by Crippen LogP contribution is -2.32. The first kappa shape index (κ1) is 9.92. The van der Waals surface area contributed by atoms with Gasteiger partial charge in [0.05, 0.1) is 5.02 Å². The average Bonchev–Trinajstić information content (AvgIpc) is 2.23. The van der Waals surface area contributed by atoms with Crippen LogP contribution >= 0.6 is 11.6 Å². The van der Waals surface area contributed by atoms with Crippen LogP contribution in [-0.2, 0) is 9.53 Å². The van der Waals surface area contributed by atoms with E-state index >= 15 is 0 Å². The molecule has 1 aromatic carbocycles. The first-order valence-electron chi connectivity index (χ1n) is 4.11.